The van der Waals surface area contributed by atoms with Gasteiger partial charge in [-0.1, -0.05) is 0 Å². The second-order valence-corrected chi connectivity index (χ2v) is 3.96. The average Bonchev–Trinajstić information content (AvgIpc) is 2.83. The van der Waals surface area contributed by atoms with Gasteiger partial charge in [-0.15, -0.1) is 0 Å². The predicted octanol–water partition coefficient (Wildman–Crippen LogP) is 1.33. The maximum absolute atomic E-state index is 8.83. The number of nitrogens with zero attached hydrogens (tertiary/aromatic N) is 2. The van der Waals surface area contributed by atoms with Crippen LogP contribution in [0.5, 0.6) is 5.75 Å². The van der Waals surface area contributed by atoms with Crippen LogP contribution in [0.3, 0.4) is 0 Å². The van der Waals surface area contributed by atoms with E-state index in [4.69, 9.17) is 10.00 Å². The van der Waals surface area contributed by atoms with Crippen molar-refractivity contribution in [3.63, 3.8) is 0 Å². The van der Waals surface area contributed by atoms with E-state index in [1.165, 1.54) is 6.42 Å². The van der Waals surface area contributed by atoms with Gasteiger partial charge in [-0.25, -0.2) is 4.98 Å². The summed E-state index contributed by atoms with van der Waals surface area (Å²) in [6.45, 7) is 2.86. The Bertz CT molecular complexity index is 380. The van der Waals surface area contributed by atoms with Crippen LogP contribution >= 0.6 is 0 Å². The van der Waals surface area contributed by atoms with Crippen LogP contribution in [0.25, 0.3) is 0 Å². The van der Waals surface area contributed by atoms with Crippen molar-refractivity contribution >= 4 is 0 Å². The quantitative estimate of drug-likeness (QED) is 0.826. The highest BCUT2D eigenvalue weighted by molar-refractivity contribution is 5.36. The van der Waals surface area contributed by atoms with Gasteiger partial charge >= 0.3 is 0 Å². The first-order valence-electron chi connectivity index (χ1n) is 5.59. The van der Waals surface area contributed by atoms with Gasteiger partial charge in [0.2, 0.25) is 0 Å². The smallest absolute Gasteiger partial charge is 0.182 e. The fraction of sp³-hybridized carbons (Fsp3) is 0.500. The topological polar surface area (TPSA) is 57.9 Å². The van der Waals surface area contributed by atoms with Crippen LogP contribution in [0.4, 0.5) is 0 Å². The van der Waals surface area contributed by atoms with E-state index in [2.05, 4.69) is 10.3 Å². The zero-order valence-corrected chi connectivity index (χ0v) is 9.15. The van der Waals surface area contributed by atoms with E-state index in [1.807, 2.05) is 6.07 Å². The monoisotopic (exact) mass is 217 g/mol. The summed E-state index contributed by atoms with van der Waals surface area (Å²) >= 11 is 0. The Kier molecular flexibility index (Phi) is 3.73. The Morgan fingerprint density at radius 2 is 2.56 bits per heavy atom. The minimum Gasteiger partial charge on any atom is -0.491 e. The van der Waals surface area contributed by atoms with Crippen molar-refractivity contribution in [2.75, 3.05) is 19.7 Å². The fourth-order valence-electron chi connectivity index (χ4n) is 1.89. The van der Waals surface area contributed by atoms with Gasteiger partial charge in [0.15, 0.2) is 11.4 Å². The molecule has 1 atom stereocenters. The number of pyridine rings is 1. The molecule has 84 valence electrons. The van der Waals surface area contributed by atoms with E-state index in [-0.39, 0.29) is 0 Å². The van der Waals surface area contributed by atoms with E-state index < -0.39 is 0 Å². The molecule has 0 amide bonds. The molecule has 0 spiro atoms. The lowest BCUT2D eigenvalue weighted by Gasteiger charge is -2.10. The van der Waals surface area contributed by atoms with E-state index in [1.54, 1.807) is 18.3 Å². The van der Waals surface area contributed by atoms with Crippen molar-refractivity contribution in [1.82, 2.24) is 10.3 Å². The summed E-state index contributed by atoms with van der Waals surface area (Å²) < 4.78 is 5.58. The fourth-order valence-corrected chi connectivity index (χ4v) is 1.89. The second kappa shape index (κ2) is 5.47. The molecule has 2 heterocycles. The highest BCUT2D eigenvalue weighted by Gasteiger charge is 2.14. The molecule has 4 nitrogen and oxygen atoms in total. The first-order chi connectivity index (χ1) is 7.90. The minimum absolute atomic E-state index is 0.368. The van der Waals surface area contributed by atoms with Gasteiger partial charge in [-0.3, -0.25) is 0 Å². The van der Waals surface area contributed by atoms with Crippen molar-refractivity contribution in [3.8, 4) is 11.8 Å². The third-order valence-electron chi connectivity index (χ3n) is 2.82. The molecule has 4 heteroatoms. The van der Waals surface area contributed by atoms with Gasteiger partial charge in [-0.2, -0.15) is 5.26 Å². The lowest BCUT2D eigenvalue weighted by Crippen LogP contribution is -2.12. The third kappa shape index (κ3) is 2.71. The summed E-state index contributed by atoms with van der Waals surface area (Å²) in [5.41, 5.74) is 0.368. The highest BCUT2D eigenvalue weighted by Crippen LogP contribution is 2.16. The standard InChI is InChI=1S/C12H15N3O/c13-8-11-12(2-1-5-15-11)16-7-4-10-3-6-14-9-10/h1-2,5,10,14H,3-4,6-7,9H2. The Balaban J connectivity index is 1.82. The zero-order chi connectivity index (χ0) is 11.2. The van der Waals surface area contributed by atoms with Crippen LogP contribution in [0.1, 0.15) is 18.5 Å². The third-order valence-corrected chi connectivity index (χ3v) is 2.82. The molecule has 1 aliphatic rings. The Morgan fingerprint density at radius 3 is 3.31 bits per heavy atom. The van der Waals surface area contributed by atoms with Gasteiger partial charge < -0.3 is 10.1 Å². The second-order valence-electron chi connectivity index (χ2n) is 3.96. The number of ether oxygens (including phenoxy) is 1. The number of nitriles is 1. The summed E-state index contributed by atoms with van der Waals surface area (Å²) in [4.78, 5) is 3.95. The number of nitrogens with one attached hydrogen (secondary N) is 1. The van der Waals surface area contributed by atoms with Gasteiger partial charge in [0, 0.05) is 6.20 Å². The molecule has 1 aromatic rings. The van der Waals surface area contributed by atoms with E-state index in [0.717, 1.165) is 19.5 Å². The first-order valence-corrected chi connectivity index (χ1v) is 5.59. The van der Waals surface area contributed by atoms with Crippen LogP contribution in [-0.4, -0.2) is 24.7 Å². The molecule has 1 aromatic heterocycles. The van der Waals surface area contributed by atoms with Gasteiger partial charge in [-0.05, 0) is 44.0 Å². The van der Waals surface area contributed by atoms with Crippen LogP contribution in [0, 0.1) is 17.2 Å². The molecule has 16 heavy (non-hydrogen) atoms. The summed E-state index contributed by atoms with van der Waals surface area (Å²) in [7, 11) is 0. The summed E-state index contributed by atoms with van der Waals surface area (Å²) in [6, 6.07) is 5.60. The lowest BCUT2D eigenvalue weighted by atomic mass is 10.1. The molecule has 0 aromatic carbocycles. The Labute approximate surface area is 95.3 Å². The molecular formula is C12H15N3O. The van der Waals surface area contributed by atoms with Gasteiger partial charge in [0.25, 0.3) is 0 Å². The molecule has 1 fully saturated rings. The zero-order valence-electron chi connectivity index (χ0n) is 9.15. The van der Waals surface area contributed by atoms with Crippen LogP contribution in [0.2, 0.25) is 0 Å². The number of hydrogen-bond acceptors (Lipinski definition) is 4. The van der Waals surface area contributed by atoms with E-state index in [0.29, 0.717) is 24.0 Å². The van der Waals surface area contributed by atoms with Crippen molar-refractivity contribution in [1.29, 1.82) is 5.26 Å². The molecule has 0 bridgehead atoms. The lowest BCUT2D eigenvalue weighted by molar-refractivity contribution is 0.282. The average molecular weight is 217 g/mol. The number of hydrogen-bond donors (Lipinski definition) is 1. The summed E-state index contributed by atoms with van der Waals surface area (Å²) in [5, 5.41) is 12.2. The maximum atomic E-state index is 8.83. The van der Waals surface area contributed by atoms with Crippen LogP contribution < -0.4 is 10.1 Å². The highest BCUT2D eigenvalue weighted by atomic mass is 16.5. The Hall–Kier alpha value is -1.60. The maximum Gasteiger partial charge on any atom is 0.182 e. The van der Waals surface area contributed by atoms with E-state index in [9.17, 15) is 0 Å². The molecule has 0 radical (unpaired) electrons. The van der Waals surface area contributed by atoms with Gasteiger partial charge in [0.1, 0.15) is 6.07 Å². The summed E-state index contributed by atoms with van der Waals surface area (Å²) in [5.74, 6) is 1.30. The molecule has 1 N–H and O–H groups in total. The molecule has 1 unspecified atom stereocenters. The van der Waals surface area contributed by atoms with E-state index >= 15 is 0 Å². The largest absolute Gasteiger partial charge is 0.491 e. The minimum atomic E-state index is 0.368. The molecule has 1 aliphatic heterocycles. The molecule has 1 saturated heterocycles. The molecular weight excluding hydrogens is 202 g/mol. The first kappa shape index (κ1) is 10.9. The van der Waals surface area contributed by atoms with Crippen LogP contribution in [-0.2, 0) is 0 Å². The molecule has 0 aliphatic carbocycles. The number of rotatable bonds is 4. The predicted molar refractivity (Wildman–Crippen MR) is 60.0 cm³/mol. The molecule has 2 rings (SSSR count). The van der Waals surface area contributed by atoms with Gasteiger partial charge in [0.05, 0.1) is 6.61 Å². The SMILES string of the molecule is N#Cc1ncccc1OCCC1CCNC1. The Morgan fingerprint density at radius 1 is 1.62 bits per heavy atom. The van der Waals surface area contributed by atoms with Crippen molar-refractivity contribution in [2.45, 2.75) is 12.8 Å². The number of aromatic nitrogens is 1. The van der Waals surface area contributed by atoms with Crippen LogP contribution in [0.15, 0.2) is 18.3 Å². The van der Waals surface area contributed by atoms with Crippen molar-refractivity contribution in [3.05, 3.63) is 24.0 Å². The van der Waals surface area contributed by atoms with Crippen molar-refractivity contribution in [2.24, 2.45) is 5.92 Å². The summed E-state index contributed by atoms with van der Waals surface area (Å²) in [6.07, 6.45) is 3.86. The normalized spacial score (nSPS) is 19.3. The molecule has 0 saturated carbocycles. The van der Waals surface area contributed by atoms with Crippen molar-refractivity contribution < 1.29 is 4.74 Å².